The van der Waals surface area contributed by atoms with Gasteiger partial charge in [-0.2, -0.15) is 0 Å². The molecule has 0 aliphatic carbocycles. The first kappa shape index (κ1) is 21.4. The molecule has 0 radical (unpaired) electrons. The maximum atomic E-state index is 12.7. The number of halogens is 2. The number of hydrogen-bond donors (Lipinski definition) is 2. The highest BCUT2D eigenvalue weighted by Crippen LogP contribution is 2.29. The van der Waals surface area contributed by atoms with E-state index in [1.165, 1.54) is 4.90 Å². The van der Waals surface area contributed by atoms with Crippen molar-refractivity contribution in [3.8, 4) is 0 Å². The fourth-order valence-corrected chi connectivity index (χ4v) is 3.03. The molecule has 1 aliphatic heterocycles. The zero-order valence-corrected chi connectivity index (χ0v) is 15.5. The number of benzene rings is 2. The molecule has 3 rings (SSSR count). The molecule has 3 N–H and O–H groups in total. The molecular formula is C18H23Cl2N3O2. The molecule has 0 atom stereocenters. The molecule has 0 aromatic heterocycles. The Hall–Kier alpha value is -1.66. The molecule has 5 nitrogen and oxygen atoms in total. The Labute approximate surface area is 159 Å². The predicted molar refractivity (Wildman–Crippen MR) is 105 cm³/mol. The second-order valence-corrected chi connectivity index (χ2v) is 5.72. The van der Waals surface area contributed by atoms with E-state index < -0.39 is 0 Å². The lowest BCUT2D eigenvalue weighted by Crippen LogP contribution is -2.41. The number of amides is 2. The summed E-state index contributed by atoms with van der Waals surface area (Å²) in [6, 6.07) is 11.2. The van der Waals surface area contributed by atoms with Crippen LogP contribution < -0.4 is 11.1 Å². The molecule has 0 saturated carbocycles. The number of carbonyl (C=O) groups is 2. The zero-order chi connectivity index (χ0) is 16.2. The molecule has 0 fully saturated rings. The van der Waals surface area contributed by atoms with E-state index in [-0.39, 0.29) is 36.6 Å². The minimum absolute atomic E-state index is 0. The van der Waals surface area contributed by atoms with Gasteiger partial charge in [-0.05, 0) is 36.9 Å². The number of unbranched alkanes of at least 4 members (excludes halogenated alkanes) is 1. The van der Waals surface area contributed by atoms with Crippen molar-refractivity contribution >= 4 is 47.4 Å². The van der Waals surface area contributed by atoms with Crippen molar-refractivity contribution < 1.29 is 9.59 Å². The molecule has 0 spiro atoms. The van der Waals surface area contributed by atoms with Crippen LogP contribution in [0.2, 0.25) is 0 Å². The number of imide groups is 1. The molecule has 7 heteroatoms. The van der Waals surface area contributed by atoms with Crippen LogP contribution in [0.3, 0.4) is 0 Å². The van der Waals surface area contributed by atoms with Crippen LogP contribution in [0.15, 0.2) is 36.4 Å². The Kier molecular flexibility index (Phi) is 8.32. The number of rotatable bonds is 7. The Bertz CT molecular complexity index is 701. The number of nitrogens with one attached hydrogen (secondary N) is 1. The van der Waals surface area contributed by atoms with Crippen molar-refractivity contribution in [2.45, 2.75) is 12.8 Å². The van der Waals surface area contributed by atoms with Crippen molar-refractivity contribution in [3.63, 3.8) is 0 Å². The first-order valence-corrected chi connectivity index (χ1v) is 8.03. The highest BCUT2D eigenvalue weighted by atomic mass is 35.5. The predicted octanol–water partition coefficient (Wildman–Crippen LogP) is 2.61. The van der Waals surface area contributed by atoms with E-state index in [2.05, 4.69) is 5.32 Å². The van der Waals surface area contributed by atoms with Crippen molar-refractivity contribution in [2.24, 2.45) is 5.73 Å². The maximum Gasteiger partial charge on any atom is 0.261 e. The third kappa shape index (κ3) is 4.30. The quantitative estimate of drug-likeness (QED) is 0.569. The average Bonchev–Trinajstić information content (AvgIpc) is 2.58. The van der Waals surface area contributed by atoms with Crippen LogP contribution in [0.4, 0.5) is 0 Å². The van der Waals surface area contributed by atoms with Gasteiger partial charge in [0.1, 0.15) is 0 Å². The molecule has 136 valence electrons. The van der Waals surface area contributed by atoms with Crippen LogP contribution in [-0.4, -0.2) is 42.9 Å². The number of hydrogen-bond acceptors (Lipinski definition) is 4. The van der Waals surface area contributed by atoms with Gasteiger partial charge in [-0.15, -0.1) is 24.8 Å². The van der Waals surface area contributed by atoms with Gasteiger partial charge in [0, 0.05) is 36.1 Å². The fourth-order valence-electron chi connectivity index (χ4n) is 3.03. The summed E-state index contributed by atoms with van der Waals surface area (Å²) in [6.45, 7) is 2.70. The van der Waals surface area contributed by atoms with E-state index in [0.29, 0.717) is 24.2 Å². The van der Waals surface area contributed by atoms with Gasteiger partial charge in [0.25, 0.3) is 11.8 Å². The van der Waals surface area contributed by atoms with Gasteiger partial charge in [0.2, 0.25) is 0 Å². The third-order valence-corrected chi connectivity index (χ3v) is 4.16. The van der Waals surface area contributed by atoms with Crippen LogP contribution in [-0.2, 0) is 0 Å². The lowest BCUT2D eigenvalue weighted by atomic mass is 9.94. The summed E-state index contributed by atoms with van der Waals surface area (Å²) in [5.41, 5.74) is 6.67. The minimum Gasteiger partial charge on any atom is -0.329 e. The number of carbonyl (C=O) groups excluding carboxylic acids is 2. The first-order valence-electron chi connectivity index (χ1n) is 8.03. The van der Waals surface area contributed by atoms with Crippen molar-refractivity contribution in [1.82, 2.24) is 10.2 Å². The van der Waals surface area contributed by atoms with Crippen LogP contribution in [0, 0.1) is 0 Å². The van der Waals surface area contributed by atoms with Crippen molar-refractivity contribution in [3.05, 3.63) is 47.5 Å². The minimum atomic E-state index is -0.186. The van der Waals surface area contributed by atoms with Gasteiger partial charge in [-0.1, -0.05) is 24.3 Å². The molecular weight excluding hydrogens is 361 g/mol. The Morgan fingerprint density at radius 2 is 1.48 bits per heavy atom. The number of nitrogens with zero attached hydrogens (tertiary/aromatic N) is 1. The Balaban J connectivity index is 0.00000156. The second kappa shape index (κ2) is 9.73. The highest BCUT2D eigenvalue weighted by Gasteiger charge is 2.31. The second-order valence-electron chi connectivity index (χ2n) is 5.72. The summed E-state index contributed by atoms with van der Waals surface area (Å²) < 4.78 is 0. The molecule has 0 bridgehead atoms. The Morgan fingerprint density at radius 3 is 2.04 bits per heavy atom. The van der Waals surface area contributed by atoms with E-state index in [1.807, 2.05) is 24.3 Å². The first-order chi connectivity index (χ1) is 11.2. The molecule has 0 unspecified atom stereocenters. The van der Waals surface area contributed by atoms with Crippen molar-refractivity contribution in [1.29, 1.82) is 0 Å². The van der Waals surface area contributed by atoms with Gasteiger partial charge in [-0.3, -0.25) is 14.5 Å². The topological polar surface area (TPSA) is 75.4 Å². The average molecular weight is 384 g/mol. The van der Waals surface area contributed by atoms with Gasteiger partial charge < -0.3 is 11.1 Å². The number of nitrogens with two attached hydrogens (primary N) is 1. The lowest BCUT2D eigenvalue weighted by molar-refractivity contribution is 0.0608. The fraction of sp³-hybridized carbons (Fsp3) is 0.333. The van der Waals surface area contributed by atoms with Gasteiger partial charge in [-0.25, -0.2) is 0 Å². The molecule has 2 aromatic carbocycles. The summed E-state index contributed by atoms with van der Waals surface area (Å²) in [5, 5.41) is 4.93. The highest BCUT2D eigenvalue weighted by molar-refractivity contribution is 6.25. The molecule has 2 amide bonds. The van der Waals surface area contributed by atoms with E-state index in [4.69, 9.17) is 5.73 Å². The molecule has 1 aliphatic rings. The van der Waals surface area contributed by atoms with E-state index in [0.717, 1.165) is 36.7 Å². The van der Waals surface area contributed by atoms with Gasteiger partial charge in [0.15, 0.2) is 0 Å². The monoisotopic (exact) mass is 383 g/mol. The van der Waals surface area contributed by atoms with Gasteiger partial charge in [0.05, 0.1) is 0 Å². The standard InChI is InChI=1S/C18H21N3O2.2ClH/c19-9-11-20-10-1-2-12-21-17(22)14-7-3-5-13-6-4-8-15(16(13)14)18(21)23;;/h3-8,20H,1-2,9-12,19H2;2*1H. The summed E-state index contributed by atoms with van der Waals surface area (Å²) in [6.07, 6.45) is 1.69. The normalized spacial score (nSPS) is 12.8. The summed E-state index contributed by atoms with van der Waals surface area (Å²) in [4.78, 5) is 26.7. The largest absolute Gasteiger partial charge is 0.329 e. The molecule has 1 heterocycles. The zero-order valence-electron chi connectivity index (χ0n) is 13.9. The van der Waals surface area contributed by atoms with Crippen LogP contribution >= 0.6 is 24.8 Å². The van der Waals surface area contributed by atoms with Crippen LogP contribution in [0.25, 0.3) is 10.8 Å². The molecule has 2 aromatic rings. The van der Waals surface area contributed by atoms with Gasteiger partial charge >= 0.3 is 0 Å². The van der Waals surface area contributed by atoms with E-state index >= 15 is 0 Å². The smallest absolute Gasteiger partial charge is 0.261 e. The van der Waals surface area contributed by atoms with Crippen LogP contribution in [0.5, 0.6) is 0 Å². The van der Waals surface area contributed by atoms with E-state index in [9.17, 15) is 9.59 Å². The molecule has 0 saturated heterocycles. The SMILES string of the molecule is Cl.Cl.NCCNCCCCN1C(=O)c2cccc3cccc(c23)C1=O. The lowest BCUT2D eigenvalue weighted by Gasteiger charge is -2.27. The third-order valence-electron chi connectivity index (χ3n) is 4.16. The summed E-state index contributed by atoms with van der Waals surface area (Å²) in [5.74, 6) is -0.372. The van der Waals surface area contributed by atoms with Crippen LogP contribution in [0.1, 0.15) is 33.6 Å². The molecule has 25 heavy (non-hydrogen) atoms. The summed E-state index contributed by atoms with van der Waals surface area (Å²) in [7, 11) is 0. The van der Waals surface area contributed by atoms with E-state index in [1.54, 1.807) is 12.1 Å². The Morgan fingerprint density at radius 1 is 0.880 bits per heavy atom. The maximum absolute atomic E-state index is 12.7. The van der Waals surface area contributed by atoms with Crippen molar-refractivity contribution in [2.75, 3.05) is 26.2 Å². The summed E-state index contributed by atoms with van der Waals surface area (Å²) >= 11 is 0.